The van der Waals surface area contributed by atoms with Gasteiger partial charge in [-0.2, -0.15) is 0 Å². The van der Waals surface area contributed by atoms with E-state index >= 15 is 0 Å². The van der Waals surface area contributed by atoms with Gasteiger partial charge in [0.2, 0.25) is 11.8 Å². The number of thioether (sulfide) groups is 1. The molecule has 1 fully saturated rings. The van der Waals surface area contributed by atoms with Crippen LogP contribution in [0.25, 0.3) is 11.2 Å². The van der Waals surface area contributed by atoms with Crippen LogP contribution in [0, 0.1) is 5.41 Å². The fourth-order valence-corrected chi connectivity index (χ4v) is 11.3. The topological polar surface area (TPSA) is 375 Å². The van der Waals surface area contributed by atoms with Gasteiger partial charge in [-0.3, -0.25) is 28.1 Å². The Bertz CT molecular complexity index is 2450. The van der Waals surface area contributed by atoms with Crippen molar-refractivity contribution in [3.05, 3.63) is 73.4 Å². The number of rotatable bonds is 42. The average molecular weight is 1190 g/mol. The highest BCUT2D eigenvalue weighted by Gasteiger charge is 2.47. The highest BCUT2D eigenvalue weighted by molar-refractivity contribution is 8.13. The maximum Gasteiger partial charge on any atom is 0.274 e. The van der Waals surface area contributed by atoms with E-state index in [0.717, 1.165) is 93.2 Å². The summed E-state index contributed by atoms with van der Waals surface area (Å²) < 4.78 is 61.0. The second kappa shape index (κ2) is 37.4. The van der Waals surface area contributed by atoms with Gasteiger partial charge in [-0.1, -0.05) is 151 Å². The number of aliphatic hydroxyl groups is 2. The summed E-state index contributed by atoms with van der Waals surface area (Å²) in [4.78, 5) is 97.2. The third kappa shape index (κ3) is 29.2. The Labute approximate surface area is 468 Å². The SMILES string of the molecule is CC/C=C\C/C=C\C/C=C\C/C=C\C/C=C\CCCCCCCCCCCCCC(=O)SCCNC(=O)CCNC(=O)[C@H](O)C(C)(C)COP(=O)([O-])OP(=O)([O-])OC[C@H]1O[C@@H](n2cnc3c(N)ncnc32)[C@H](O)[C@@H]1OP(=O)([O-])[O-]. The summed E-state index contributed by atoms with van der Waals surface area (Å²) in [6.45, 7) is 2.31. The first-order valence-corrected chi connectivity index (χ1v) is 32.1. The molecule has 2 unspecified atom stereocenters. The predicted molar refractivity (Wildman–Crippen MR) is 293 cm³/mol. The fourth-order valence-electron chi connectivity index (χ4n) is 7.84. The number of amides is 2. The summed E-state index contributed by atoms with van der Waals surface area (Å²) in [5.74, 6) is -1.14. The van der Waals surface area contributed by atoms with Gasteiger partial charge in [-0.05, 0) is 51.4 Å². The van der Waals surface area contributed by atoms with Crippen molar-refractivity contribution in [3.8, 4) is 0 Å². The quantitative estimate of drug-likeness (QED) is 0.0291. The van der Waals surface area contributed by atoms with E-state index in [1.165, 1.54) is 58.8 Å². The van der Waals surface area contributed by atoms with Crippen LogP contribution in [0.2, 0.25) is 0 Å². The van der Waals surface area contributed by atoms with Gasteiger partial charge in [0.25, 0.3) is 15.6 Å². The summed E-state index contributed by atoms with van der Waals surface area (Å²) in [7, 11) is -17.6. The number of nitrogens with one attached hydrogen (secondary N) is 2. The molecule has 1 saturated heterocycles. The number of unbranched alkanes of at least 4 members (excludes halogenated alkanes) is 11. The van der Waals surface area contributed by atoms with Crippen molar-refractivity contribution in [1.29, 1.82) is 0 Å². The monoisotopic (exact) mass is 1190 g/mol. The highest BCUT2D eigenvalue weighted by Crippen LogP contribution is 2.56. The van der Waals surface area contributed by atoms with E-state index < -0.39 is 84.6 Å². The number of aromatic nitrogens is 4. The van der Waals surface area contributed by atoms with Crippen LogP contribution in [0.15, 0.2) is 73.4 Å². The molecule has 79 heavy (non-hydrogen) atoms. The van der Waals surface area contributed by atoms with Gasteiger partial charge >= 0.3 is 0 Å². The number of carbonyl (C=O) groups excluding carboxylic acids is 3. The molecule has 6 N–H and O–H groups in total. The molecule has 2 amide bonds. The van der Waals surface area contributed by atoms with Gasteiger partial charge in [0.1, 0.15) is 36.3 Å². The van der Waals surface area contributed by atoms with Crippen molar-refractivity contribution < 1.29 is 80.5 Å². The molecule has 0 spiro atoms. The lowest BCUT2D eigenvalue weighted by Crippen LogP contribution is -2.46. The molecule has 28 heteroatoms. The van der Waals surface area contributed by atoms with Crippen LogP contribution in [0.4, 0.5) is 5.82 Å². The molecule has 1 aliphatic rings. The lowest BCUT2D eigenvalue weighted by atomic mass is 9.87. The van der Waals surface area contributed by atoms with E-state index in [9.17, 15) is 57.9 Å². The number of anilines is 1. The Hall–Kier alpha value is -3.74. The van der Waals surface area contributed by atoms with Crippen molar-refractivity contribution in [1.82, 2.24) is 30.2 Å². The second-order valence-corrected chi connectivity index (χ2v) is 24.6. The summed E-state index contributed by atoms with van der Waals surface area (Å²) in [5, 5.41) is 26.6. The number of phosphoric acid groups is 3. The number of phosphoric ester groups is 3. The van der Waals surface area contributed by atoms with Crippen LogP contribution in [0.3, 0.4) is 0 Å². The first-order chi connectivity index (χ1) is 37.6. The Morgan fingerprint density at radius 3 is 1.94 bits per heavy atom. The standard InChI is InChI=1S/C51H84N7O17P3S/c1-4-5-6-7-8-9-10-11-12-13-14-15-16-17-18-19-20-21-22-23-24-25-26-27-28-29-30-31-42(60)79-35-34-53-41(59)32-33-54-49(63)46(62)51(2,3)37-72-78(69,70)75-77(67,68)71-36-40-45(74-76(64,65)66)44(61)50(73-40)58-39-57-43-47(52)55-38-56-48(43)58/h5-6,8-9,11-12,14-15,17-18,38-40,44-46,50,61-62H,4,7,10,13,16,19-37H2,1-3H3,(H,53,59)(H,54,63)(H,67,68)(H,69,70)(H2,52,55,56)(H2,64,65,66)/p-4/b6-5-,9-8-,12-11-,15-14-,18-17-/t40-,44-,45-,46+,50-/m1/s1. The number of nitrogens with two attached hydrogens (primary N) is 1. The molecule has 0 bridgehead atoms. The second-order valence-electron chi connectivity index (χ2n) is 19.3. The minimum Gasteiger partial charge on any atom is -0.790 e. The average Bonchev–Trinajstić information content (AvgIpc) is 4.12. The number of allylic oxidation sites excluding steroid dienone is 10. The first kappa shape index (κ1) is 69.5. The van der Waals surface area contributed by atoms with Gasteiger partial charge in [-0.15, -0.1) is 0 Å². The number of ether oxygens (including phenoxy) is 1. The van der Waals surface area contributed by atoms with Crippen molar-refractivity contribution in [2.24, 2.45) is 5.41 Å². The molecule has 2 aromatic heterocycles. The van der Waals surface area contributed by atoms with Gasteiger partial charge in [0.15, 0.2) is 22.8 Å². The summed E-state index contributed by atoms with van der Waals surface area (Å²) >= 11 is 1.14. The van der Waals surface area contributed by atoms with E-state index in [2.05, 4.69) is 111 Å². The third-order valence-electron chi connectivity index (χ3n) is 12.1. The number of nitrogen functional groups attached to an aromatic ring is 1. The van der Waals surface area contributed by atoms with Crippen molar-refractivity contribution in [2.45, 2.75) is 173 Å². The molecule has 0 saturated carbocycles. The number of nitrogens with zero attached hydrogens (tertiary/aromatic N) is 4. The zero-order valence-corrected chi connectivity index (χ0v) is 48.9. The van der Waals surface area contributed by atoms with Crippen LogP contribution in [0.1, 0.15) is 149 Å². The summed E-state index contributed by atoms with van der Waals surface area (Å²) in [6, 6.07) is 0. The fraction of sp³-hybridized carbons (Fsp3) is 0.647. The molecule has 24 nitrogen and oxygen atoms in total. The minimum absolute atomic E-state index is 0.0194. The Morgan fingerprint density at radius 1 is 0.785 bits per heavy atom. The van der Waals surface area contributed by atoms with Gasteiger partial charge in [-0.25, -0.2) is 19.3 Å². The van der Waals surface area contributed by atoms with Gasteiger partial charge in [0.05, 0.1) is 27.4 Å². The summed E-state index contributed by atoms with van der Waals surface area (Å²) in [6.07, 6.45) is 34.2. The molecule has 0 aromatic carbocycles. The molecule has 3 rings (SSSR count). The summed E-state index contributed by atoms with van der Waals surface area (Å²) in [5.41, 5.74) is 4.10. The van der Waals surface area contributed by atoms with E-state index in [1.54, 1.807) is 0 Å². The molecule has 0 aliphatic carbocycles. The number of fused-ring (bicyclic) bond motifs is 1. The number of hydrogen-bond acceptors (Lipinski definition) is 22. The molecular formula is C51H80N7O17P3S-4. The van der Waals surface area contributed by atoms with Crippen LogP contribution >= 0.6 is 35.2 Å². The normalized spacial score (nSPS) is 19.4. The zero-order chi connectivity index (χ0) is 58.2. The van der Waals surface area contributed by atoms with E-state index in [-0.39, 0.29) is 41.6 Å². The number of hydrogen-bond donors (Lipinski definition) is 5. The maximum absolute atomic E-state index is 12.7. The van der Waals surface area contributed by atoms with Crippen LogP contribution in [-0.2, 0) is 50.7 Å². The largest absolute Gasteiger partial charge is 0.790 e. The van der Waals surface area contributed by atoms with Crippen molar-refractivity contribution in [2.75, 3.05) is 37.8 Å². The smallest absolute Gasteiger partial charge is 0.274 e. The molecule has 0 radical (unpaired) electrons. The Kier molecular flexibility index (Phi) is 32.9. The van der Waals surface area contributed by atoms with Crippen LogP contribution in [-0.4, -0.2) is 103 Å². The number of carbonyl (C=O) groups is 3. The molecule has 1 aliphatic heterocycles. The Balaban J connectivity index is 1.18. The van der Waals surface area contributed by atoms with E-state index in [0.29, 0.717) is 12.2 Å². The molecule has 7 atom stereocenters. The van der Waals surface area contributed by atoms with Crippen LogP contribution in [0.5, 0.6) is 0 Å². The van der Waals surface area contributed by atoms with E-state index in [4.69, 9.17) is 10.5 Å². The minimum atomic E-state index is -5.93. The van der Waals surface area contributed by atoms with Gasteiger partial charge in [0, 0.05) is 37.1 Å². The zero-order valence-electron chi connectivity index (χ0n) is 45.4. The predicted octanol–water partition coefficient (Wildman–Crippen LogP) is 5.96. The van der Waals surface area contributed by atoms with Gasteiger partial charge < -0.3 is 69.0 Å². The molecule has 2 aromatic rings. The first-order valence-electron chi connectivity index (χ1n) is 26.8. The van der Waals surface area contributed by atoms with E-state index in [1.807, 2.05) is 0 Å². The number of imidazole rings is 1. The number of aliphatic hydroxyl groups excluding tert-OH is 2. The molecule has 3 heterocycles. The lowest BCUT2D eigenvalue weighted by Gasteiger charge is -2.36. The molecular weight excluding hydrogens is 1110 g/mol. The van der Waals surface area contributed by atoms with Crippen molar-refractivity contribution >= 4 is 69.1 Å². The third-order valence-corrected chi connectivity index (χ3v) is 16.1. The molecule has 446 valence electrons. The van der Waals surface area contributed by atoms with Crippen molar-refractivity contribution in [3.63, 3.8) is 0 Å². The van der Waals surface area contributed by atoms with Crippen LogP contribution < -0.4 is 35.9 Å². The highest BCUT2D eigenvalue weighted by atomic mass is 32.2. The lowest BCUT2D eigenvalue weighted by molar-refractivity contribution is -0.347. The maximum atomic E-state index is 12.7. The Morgan fingerprint density at radius 2 is 1.34 bits per heavy atom.